The number of hydrogen-bond acceptors (Lipinski definition) is 14. The van der Waals surface area contributed by atoms with Gasteiger partial charge in [-0.1, -0.05) is 41.5 Å². The molecule has 0 aliphatic heterocycles. The Labute approximate surface area is 313 Å². The number of unbranched alkanes of at least 4 members (excludes halogenated alkanes) is 3. The molecule has 0 aromatic rings. The van der Waals surface area contributed by atoms with E-state index in [0.717, 1.165) is 0 Å². The molecule has 0 radical (unpaired) electrons. The predicted molar refractivity (Wildman–Crippen MR) is 191 cm³/mol. The van der Waals surface area contributed by atoms with Crippen LogP contribution in [0.1, 0.15) is 106 Å². The molecule has 0 spiro atoms. The molecule has 0 rings (SSSR count). The highest BCUT2D eigenvalue weighted by Crippen LogP contribution is 2.11. The maximum absolute atomic E-state index is 12.7. The second-order valence-corrected chi connectivity index (χ2v) is 13.7. The molecule has 0 aromatic carbocycles. The normalized spacial score (nSPS) is 12.6. The largest absolute Gasteiger partial charge is 0.467 e. The fourth-order valence-electron chi connectivity index (χ4n) is 4.68. The molecule has 0 saturated heterocycles. The molecular formula is C36H63N3O14. The molecule has 0 saturated carbocycles. The molecule has 53 heavy (non-hydrogen) atoms. The van der Waals surface area contributed by atoms with Gasteiger partial charge >= 0.3 is 42.2 Å². The van der Waals surface area contributed by atoms with Gasteiger partial charge in [0.15, 0.2) is 0 Å². The van der Waals surface area contributed by atoms with Gasteiger partial charge in [0.25, 0.3) is 0 Å². The van der Waals surface area contributed by atoms with Crippen LogP contribution in [0, 0.1) is 17.8 Å². The van der Waals surface area contributed by atoms with E-state index in [1.807, 2.05) is 41.5 Å². The van der Waals surface area contributed by atoms with E-state index >= 15 is 0 Å². The zero-order valence-corrected chi connectivity index (χ0v) is 32.8. The minimum Gasteiger partial charge on any atom is -0.467 e. The van der Waals surface area contributed by atoms with Gasteiger partial charge in [-0.2, -0.15) is 0 Å². The van der Waals surface area contributed by atoms with Crippen molar-refractivity contribution in [2.24, 2.45) is 17.8 Å². The molecule has 0 bridgehead atoms. The van der Waals surface area contributed by atoms with Gasteiger partial charge in [-0.05, 0) is 62.7 Å². The third kappa shape index (κ3) is 27.0. The third-order valence-corrected chi connectivity index (χ3v) is 7.16. The van der Waals surface area contributed by atoms with E-state index < -0.39 is 60.3 Å². The van der Waals surface area contributed by atoms with Crippen LogP contribution in [-0.4, -0.2) is 107 Å². The van der Waals surface area contributed by atoms with Gasteiger partial charge in [0, 0.05) is 19.8 Å². The molecule has 306 valence electrons. The SMILES string of the molecule is COC(=O)C(CC(C)C)NC(=O)OCCCOC(=O)NC(CC(C)C)C(=O)OCCCCCCOC(=O)C(CC(C)C)NC(=O)OCCCOC(C)=O. The van der Waals surface area contributed by atoms with Crippen molar-refractivity contribution in [3.63, 3.8) is 0 Å². The van der Waals surface area contributed by atoms with Gasteiger partial charge in [0.1, 0.15) is 18.1 Å². The minimum atomic E-state index is -0.912. The molecule has 0 aliphatic carbocycles. The van der Waals surface area contributed by atoms with Gasteiger partial charge in [-0.3, -0.25) is 4.79 Å². The topological polar surface area (TPSA) is 220 Å². The fraction of sp³-hybridized carbons (Fsp3) is 0.806. The Morgan fingerprint density at radius 2 is 0.717 bits per heavy atom. The quantitative estimate of drug-likeness (QED) is 0.0593. The van der Waals surface area contributed by atoms with Gasteiger partial charge in [0.05, 0.1) is 46.8 Å². The molecule has 3 unspecified atom stereocenters. The van der Waals surface area contributed by atoms with Gasteiger partial charge in [-0.15, -0.1) is 0 Å². The molecular weight excluding hydrogens is 698 g/mol. The lowest BCUT2D eigenvalue weighted by molar-refractivity contribution is -0.147. The van der Waals surface area contributed by atoms with Gasteiger partial charge in [-0.25, -0.2) is 28.8 Å². The third-order valence-electron chi connectivity index (χ3n) is 7.16. The van der Waals surface area contributed by atoms with E-state index in [0.29, 0.717) is 51.4 Å². The monoisotopic (exact) mass is 761 g/mol. The van der Waals surface area contributed by atoms with Crippen LogP contribution < -0.4 is 16.0 Å². The van der Waals surface area contributed by atoms with Crippen molar-refractivity contribution in [2.45, 2.75) is 124 Å². The van der Waals surface area contributed by atoms with Crippen LogP contribution in [0.15, 0.2) is 0 Å². The van der Waals surface area contributed by atoms with Crippen molar-refractivity contribution in [2.75, 3.05) is 46.8 Å². The summed E-state index contributed by atoms with van der Waals surface area (Å²) in [6.07, 6.45) is 1.78. The Hall–Kier alpha value is -4.31. The van der Waals surface area contributed by atoms with Crippen LogP contribution >= 0.6 is 0 Å². The molecule has 17 heteroatoms. The van der Waals surface area contributed by atoms with Crippen molar-refractivity contribution in [1.82, 2.24) is 16.0 Å². The second kappa shape index (κ2) is 29.2. The Morgan fingerprint density at radius 1 is 0.415 bits per heavy atom. The zero-order chi connectivity index (χ0) is 40.2. The molecule has 0 heterocycles. The van der Waals surface area contributed by atoms with Crippen molar-refractivity contribution < 1.29 is 66.7 Å². The molecule has 0 aromatic heterocycles. The molecule has 0 aliphatic rings. The minimum absolute atomic E-state index is 0.0293. The highest BCUT2D eigenvalue weighted by molar-refractivity contribution is 5.82. The summed E-state index contributed by atoms with van der Waals surface area (Å²) in [5, 5.41) is 7.54. The van der Waals surface area contributed by atoms with Crippen molar-refractivity contribution in [3.05, 3.63) is 0 Å². The number of nitrogens with one attached hydrogen (secondary N) is 3. The summed E-state index contributed by atoms with van der Waals surface area (Å²) in [6.45, 7) is 13.0. The van der Waals surface area contributed by atoms with Crippen molar-refractivity contribution in [3.8, 4) is 0 Å². The first-order valence-corrected chi connectivity index (χ1v) is 18.4. The summed E-state index contributed by atoms with van der Waals surface area (Å²) in [7, 11) is 1.24. The molecule has 3 amide bonds. The number of alkyl carbamates (subject to hydrolysis) is 3. The zero-order valence-electron chi connectivity index (χ0n) is 32.8. The van der Waals surface area contributed by atoms with E-state index in [4.69, 9.17) is 33.2 Å². The van der Waals surface area contributed by atoms with E-state index in [1.54, 1.807) is 0 Å². The fourth-order valence-corrected chi connectivity index (χ4v) is 4.68. The summed E-state index contributed by atoms with van der Waals surface area (Å²) in [5.41, 5.74) is 0. The first-order chi connectivity index (χ1) is 25.0. The standard InChI is InChI=1S/C36H63N3O14/c1-24(2)21-28(31(41)47-8)37-34(44)52-19-14-20-53-36(46)39-30(23-26(5)6)33(43)50-16-12-10-9-11-15-49-32(42)29(22-25(3)4)38-35(45)51-18-13-17-48-27(7)40/h24-26,28-30H,9-23H2,1-8H3,(H,37,44)(H,38,45)(H,39,46). The van der Waals surface area contributed by atoms with E-state index in [-0.39, 0.29) is 63.8 Å². The van der Waals surface area contributed by atoms with Crippen LogP contribution in [0.2, 0.25) is 0 Å². The second-order valence-electron chi connectivity index (χ2n) is 13.7. The number of amides is 3. The maximum atomic E-state index is 12.7. The first-order valence-electron chi connectivity index (χ1n) is 18.4. The van der Waals surface area contributed by atoms with Crippen LogP contribution in [0.5, 0.6) is 0 Å². The number of carbonyl (C=O) groups excluding carboxylic acids is 7. The highest BCUT2D eigenvalue weighted by atomic mass is 16.6. The number of hydrogen-bond donors (Lipinski definition) is 3. The number of ether oxygens (including phenoxy) is 7. The Morgan fingerprint density at radius 3 is 1.02 bits per heavy atom. The summed E-state index contributed by atoms with van der Waals surface area (Å²) in [4.78, 5) is 84.5. The lowest BCUT2D eigenvalue weighted by atomic mass is 10.0. The van der Waals surface area contributed by atoms with Crippen LogP contribution in [0.4, 0.5) is 14.4 Å². The first kappa shape index (κ1) is 48.7. The Kier molecular flexibility index (Phi) is 26.8. The van der Waals surface area contributed by atoms with E-state index in [9.17, 15) is 33.6 Å². The van der Waals surface area contributed by atoms with E-state index in [1.165, 1.54) is 14.0 Å². The van der Waals surface area contributed by atoms with Gasteiger partial charge < -0.3 is 49.1 Å². The van der Waals surface area contributed by atoms with Crippen LogP contribution in [0.25, 0.3) is 0 Å². The van der Waals surface area contributed by atoms with Crippen LogP contribution in [0.3, 0.4) is 0 Å². The number of methoxy groups -OCH3 is 1. The number of esters is 4. The number of carbonyl (C=O) groups is 7. The summed E-state index contributed by atoms with van der Waals surface area (Å²) in [6, 6.07) is -2.61. The lowest BCUT2D eigenvalue weighted by Crippen LogP contribution is -2.43. The highest BCUT2D eigenvalue weighted by Gasteiger charge is 2.26. The molecule has 3 atom stereocenters. The number of rotatable bonds is 27. The smallest absolute Gasteiger partial charge is 0.407 e. The van der Waals surface area contributed by atoms with Gasteiger partial charge in [0.2, 0.25) is 0 Å². The molecule has 0 fully saturated rings. The summed E-state index contributed by atoms with van der Waals surface area (Å²) >= 11 is 0. The van der Waals surface area contributed by atoms with Crippen molar-refractivity contribution >= 4 is 42.2 Å². The van der Waals surface area contributed by atoms with E-state index in [2.05, 4.69) is 16.0 Å². The lowest BCUT2D eigenvalue weighted by Gasteiger charge is -2.19. The predicted octanol–water partition coefficient (Wildman–Crippen LogP) is 4.57. The maximum Gasteiger partial charge on any atom is 0.407 e. The summed E-state index contributed by atoms with van der Waals surface area (Å²) < 4.78 is 35.5. The molecule has 17 nitrogen and oxygen atoms in total. The molecule has 3 N–H and O–H groups in total. The Bertz CT molecular complexity index is 1120. The average molecular weight is 762 g/mol. The average Bonchev–Trinajstić information content (AvgIpc) is 3.06. The Balaban J connectivity index is 4.41. The van der Waals surface area contributed by atoms with Crippen molar-refractivity contribution in [1.29, 1.82) is 0 Å². The summed E-state index contributed by atoms with van der Waals surface area (Å²) in [5.74, 6) is -1.82. The van der Waals surface area contributed by atoms with Crippen LogP contribution in [-0.2, 0) is 52.3 Å².